The Morgan fingerprint density at radius 1 is 0.889 bits per heavy atom. The van der Waals surface area contributed by atoms with E-state index < -0.39 is 0 Å². The summed E-state index contributed by atoms with van der Waals surface area (Å²) in [5.74, 6) is 0. The maximum absolute atomic E-state index is 10.4. The van der Waals surface area contributed by atoms with E-state index in [1.807, 2.05) is 0 Å². The number of carbonyl (C=O) groups excluding carboxylic acids is 2. The molecular weight excluding hydrogens is 236 g/mol. The van der Waals surface area contributed by atoms with Gasteiger partial charge in [-0.25, -0.2) is 0 Å². The van der Waals surface area contributed by atoms with E-state index in [-0.39, 0.29) is 0 Å². The van der Waals surface area contributed by atoms with Crippen molar-refractivity contribution in [3.63, 3.8) is 0 Å². The minimum Gasteiger partial charge on any atom is -0.296 e. The molecule has 2 aromatic rings. The van der Waals surface area contributed by atoms with Crippen LogP contribution in [0.25, 0.3) is 0 Å². The van der Waals surface area contributed by atoms with Crippen molar-refractivity contribution in [3.8, 4) is 0 Å². The molecule has 0 aromatic carbocycles. The van der Waals surface area contributed by atoms with Crippen LogP contribution in [0.1, 0.15) is 33.8 Å². The molecule has 8 nitrogen and oxygen atoms in total. The first-order chi connectivity index (χ1) is 8.81. The first kappa shape index (κ1) is 12.1. The molecule has 0 amide bonds. The summed E-state index contributed by atoms with van der Waals surface area (Å²) < 4.78 is 3.25. The summed E-state index contributed by atoms with van der Waals surface area (Å²) in [6.45, 7) is 1.38. The first-order valence-corrected chi connectivity index (χ1v) is 5.52. The van der Waals surface area contributed by atoms with Crippen molar-refractivity contribution in [2.45, 2.75) is 25.9 Å². The third kappa shape index (κ3) is 3.06. The number of hydrogen-bond acceptors (Lipinski definition) is 6. The molecule has 18 heavy (non-hydrogen) atoms. The summed E-state index contributed by atoms with van der Waals surface area (Å²) in [5.41, 5.74) is 0.670. The highest BCUT2D eigenvalue weighted by atomic mass is 16.1. The zero-order chi connectivity index (χ0) is 12.8. The average Bonchev–Trinajstić information content (AvgIpc) is 3.03. The number of nitrogens with zero attached hydrogens (tertiary/aromatic N) is 6. The van der Waals surface area contributed by atoms with E-state index in [9.17, 15) is 9.59 Å². The lowest BCUT2D eigenvalue weighted by Gasteiger charge is -2.00. The normalized spacial score (nSPS) is 10.4. The van der Waals surface area contributed by atoms with Gasteiger partial charge in [-0.2, -0.15) is 0 Å². The number of aryl methyl sites for hydroxylation is 2. The topological polar surface area (TPSA) is 95.6 Å². The van der Waals surface area contributed by atoms with Gasteiger partial charge in [0.2, 0.25) is 0 Å². The summed E-state index contributed by atoms with van der Waals surface area (Å²) in [6.07, 6.45) is 6.29. The van der Waals surface area contributed by atoms with Crippen LogP contribution in [0, 0.1) is 0 Å². The second-order valence-corrected chi connectivity index (χ2v) is 3.76. The van der Waals surface area contributed by atoms with Gasteiger partial charge in [-0.15, -0.1) is 10.2 Å². The highest BCUT2D eigenvalue weighted by Gasteiger charge is 2.00. The predicted molar refractivity (Wildman–Crippen MR) is 60.1 cm³/mol. The van der Waals surface area contributed by atoms with Crippen LogP contribution < -0.4 is 0 Å². The quantitative estimate of drug-likeness (QED) is 0.504. The molecule has 2 aromatic heterocycles. The SMILES string of the molecule is O=Cc1cn(CCCCn2cc(C=O)nn2)nn1. The maximum Gasteiger partial charge on any atom is 0.171 e. The molecule has 2 rings (SSSR count). The average molecular weight is 248 g/mol. The third-order valence-corrected chi connectivity index (χ3v) is 2.38. The molecule has 8 heteroatoms. The first-order valence-electron chi connectivity index (χ1n) is 5.52. The van der Waals surface area contributed by atoms with Gasteiger partial charge in [-0.05, 0) is 12.8 Å². The minimum atomic E-state index is 0.335. The Labute approximate surface area is 103 Å². The lowest BCUT2D eigenvalue weighted by Crippen LogP contribution is -2.03. The van der Waals surface area contributed by atoms with Crippen LogP contribution in [0.4, 0.5) is 0 Å². The molecule has 0 saturated carbocycles. The van der Waals surface area contributed by atoms with Crippen LogP contribution >= 0.6 is 0 Å². The fourth-order valence-electron chi connectivity index (χ4n) is 1.50. The Morgan fingerprint density at radius 2 is 1.33 bits per heavy atom. The van der Waals surface area contributed by atoms with Crippen LogP contribution in [-0.2, 0) is 13.1 Å². The molecule has 0 aliphatic carbocycles. The van der Waals surface area contributed by atoms with E-state index in [0.717, 1.165) is 12.8 Å². The number of rotatable bonds is 7. The zero-order valence-electron chi connectivity index (χ0n) is 9.64. The van der Waals surface area contributed by atoms with Gasteiger partial charge in [0.25, 0.3) is 0 Å². The maximum atomic E-state index is 10.4. The molecule has 0 atom stereocenters. The van der Waals surface area contributed by atoms with Crippen molar-refractivity contribution in [2.75, 3.05) is 0 Å². The molecule has 0 aliphatic rings. The molecule has 0 radical (unpaired) electrons. The van der Waals surface area contributed by atoms with Gasteiger partial charge in [-0.3, -0.25) is 19.0 Å². The number of unbranched alkanes of at least 4 members (excludes halogenated alkanes) is 1. The monoisotopic (exact) mass is 248 g/mol. The number of aldehydes is 2. The summed E-state index contributed by atoms with van der Waals surface area (Å²) in [4.78, 5) is 20.8. The summed E-state index contributed by atoms with van der Waals surface area (Å²) in [5, 5.41) is 14.9. The Morgan fingerprint density at radius 3 is 1.67 bits per heavy atom. The Balaban J connectivity index is 1.72. The third-order valence-electron chi connectivity index (χ3n) is 2.38. The second-order valence-electron chi connectivity index (χ2n) is 3.76. The molecule has 0 saturated heterocycles. The lowest BCUT2D eigenvalue weighted by atomic mass is 10.3. The predicted octanol–water partition coefficient (Wildman–Crippen LogP) is -0.0250. The fourth-order valence-corrected chi connectivity index (χ4v) is 1.50. The van der Waals surface area contributed by atoms with E-state index in [1.165, 1.54) is 0 Å². The summed E-state index contributed by atoms with van der Waals surface area (Å²) in [7, 11) is 0. The number of hydrogen-bond donors (Lipinski definition) is 0. The van der Waals surface area contributed by atoms with Gasteiger partial charge < -0.3 is 0 Å². The molecule has 0 bridgehead atoms. The van der Waals surface area contributed by atoms with Crippen LogP contribution in [0.15, 0.2) is 12.4 Å². The molecule has 94 valence electrons. The zero-order valence-corrected chi connectivity index (χ0v) is 9.64. The van der Waals surface area contributed by atoms with Gasteiger partial charge in [0.1, 0.15) is 11.4 Å². The van der Waals surface area contributed by atoms with Gasteiger partial charge in [0.05, 0.1) is 12.4 Å². The standard InChI is InChI=1S/C10H12N6O2/c17-7-9-5-15(13-11-9)3-1-2-4-16-6-10(8-18)12-14-16/h5-8H,1-4H2. The smallest absolute Gasteiger partial charge is 0.171 e. The van der Waals surface area contributed by atoms with Crippen LogP contribution in [-0.4, -0.2) is 42.6 Å². The van der Waals surface area contributed by atoms with Gasteiger partial charge in [0.15, 0.2) is 12.6 Å². The van der Waals surface area contributed by atoms with E-state index in [4.69, 9.17) is 0 Å². The highest BCUT2D eigenvalue weighted by molar-refractivity contribution is 5.70. The van der Waals surface area contributed by atoms with E-state index in [1.54, 1.807) is 21.8 Å². The molecule has 0 unspecified atom stereocenters. The highest BCUT2D eigenvalue weighted by Crippen LogP contribution is 1.98. The Hall–Kier alpha value is -2.38. The molecule has 0 fully saturated rings. The van der Waals surface area contributed by atoms with Crippen LogP contribution in [0.5, 0.6) is 0 Å². The summed E-state index contributed by atoms with van der Waals surface area (Å²) >= 11 is 0. The Bertz CT molecular complexity index is 484. The minimum absolute atomic E-state index is 0.335. The van der Waals surface area contributed by atoms with E-state index in [2.05, 4.69) is 20.6 Å². The number of carbonyl (C=O) groups is 2. The van der Waals surface area contributed by atoms with Crippen molar-refractivity contribution >= 4 is 12.6 Å². The van der Waals surface area contributed by atoms with Gasteiger partial charge >= 0.3 is 0 Å². The second kappa shape index (κ2) is 5.80. The van der Waals surface area contributed by atoms with Crippen molar-refractivity contribution in [2.24, 2.45) is 0 Å². The van der Waals surface area contributed by atoms with Crippen molar-refractivity contribution in [1.82, 2.24) is 30.0 Å². The van der Waals surface area contributed by atoms with E-state index >= 15 is 0 Å². The van der Waals surface area contributed by atoms with Crippen LogP contribution in [0.2, 0.25) is 0 Å². The van der Waals surface area contributed by atoms with Crippen molar-refractivity contribution in [3.05, 3.63) is 23.8 Å². The fraction of sp³-hybridized carbons (Fsp3) is 0.400. The van der Waals surface area contributed by atoms with E-state index in [0.29, 0.717) is 37.0 Å². The molecule has 0 spiro atoms. The largest absolute Gasteiger partial charge is 0.296 e. The molecular formula is C10H12N6O2. The van der Waals surface area contributed by atoms with Crippen molar-refractivity contribution < 1.29 is 9.59 Å². The van der Waals surface area contributed by atoms with Crippen LogP contribution in [0.3, 0.4) is 0 Å². The van der Waals surface area contributed by atoms with Gasteiger partial charge in [-0.1, -0.05) is 10.4 Å². The summed E-state index contributed by atoms with van der Waals surface area (Å²) in [6, 6.07) is 0. The lowest BCUT2D eigenvalue weighted by molar-refractivity contribution is 0.111. The molecule has 0 N–H and O–H groups in total. The van der Waals surface area contributed by atoms with Crippen molar-refractivity contribution in [1.29, 1.82) is 0 Å². The Kier molecular flexibility index (Phi) is 3.90. The van der Waals surface area contributed by atoms with Gasteiger partial charge in [0, 0.05) is 13.1 Å². The molecule has 2 heterocycles. The number of aromatic nitrogens is 6. The molecule has 0 aliphatic heterocycles.